The molecule has 0 aliphatic carbocycles. The van der Waals surface area contributed by atoms with E-state index >= 15 is 0 Å². The Balaban J connectivity index is 1.85. The van der Waals surface area contributed by atoms with E-state index in [0.29, 0.717) is 16.6 Å². The van der Waals surface area contributed by atoms with Gasteiger partial charge in [-0.15, -0.1) is 11.3 Å². The van der Waals surface area contributed by atoms with Gasteiger partial charge in [-0.1, -0.05) is 6.07 Å². The zero-order chi connectivity index (χ0) is 18.3. The lowest BCUT2D eigenvalue weighted by molar-refractivity contribution is 0.545. The molecule has 0 spiro atoms. The number of furan rings is 1. The van der Waals surface area contributed by atoms with Gasteiger partial charge in [-0.25, -0.2) is 4.79 Å². The molecule has 8 heteroatoms. The van der Waals surface area contributed by atoms with Crippen LogP contribution in [0.5, 0.6) is 0 Å². The van der Waals surface area contributed by atoms with Crippen LogP contribution in [0.15, 0.2) is 51.1 Å². The van der Waals surface area contributed by atoms with Crippen molar-refractivity contribution < 1.29 is 4.42 Å². The van der Waals surface area contributed by atoms with Crippen molar-refractivity contribution in [2.45, 2.75) is 19.9 Å². The Morgan fingerprint density at radius 1 is 1.31 bits per heavy atom. The Hall–Kier alpha value is -2.71. The molecule has 4 rings (SSSR count). The first kappa shape index (κ1) is 16.7. The minimum absolute atomic E-state index is 0.142. The van der Waals surface area contributed by atoms with Crippen LogP contribution in [-0.4, -0.2) is 20.7 Å². The van der Waals surface area contributed by atoms with E-state index in [1.54, 1.807) is 28.2 Å². The second-order valence-corrected chi connectivity index (χ2v) is 7.29. The van der Waals surface area contributed by atoms with Crippen molar-refractivity contribution in [1.29, 1.82) is 0 Å². The molecule has 6 nitrogen and oxygen atoms in total. The van der Waals surface area contributed by atoms with Gasteiger partial charge in [0.1, 0.15) is 11.5 Å². The van der Waals surface area contributed by atoms with Crippen molar-refractivity contribution in [1.82, 2.24) is 20.2 Å². The van der Waals surface area contributed by atoms with Gasteiger partial charge in [-0.3, -0.25) is 4.57 Å². The zero-order valence-electron chi connectivity index (χ0n) is 14.1. The van der Waals surface area contributed by atoms with Gasteiger partial charge in [0.15, 0.2) is 10.9 Å². The Labute approximate surface area is 159 Å². The van der Waals surface area contributed by atoms with Gasteiger partial charge >= 0.3 is 5.69 Å². The standard InChI is InChI=1S/C18H16N4O2S2/c1-10-5-6-13(24-10)12-7-8-22(18(23)20-12)16-11(2)19-17(25)21-15(16)14-4-3-9-26-14/h3-9,11H,1-2H3,(H2,19,21,25). The molecule has 0 fully saturated rings. The second kappa shape index (κ2) is 6.54. The predicted molar refractivity (Wildman–Crippen MR) is 107 cm³/mol. The number of nitrogens with zero attached hydrogens (tertiary/aromatic N) is 2. The lowest BCUT2D eigenvalue weighted by atomic mass is 10.1. The fourth-order valence-corrected chi connectivity index (χ4v) is 3.94. The van der Waals surface area contributed by atoms with Crippen LogP contribution in [0.3, 0.4) is 0 Å². The van der Waals surface area contributed by atoms with Crippen molar-refractivity contribution in [3.63, 3.8) is 0 Å². The number of aryl methyl sites for hydroxylation is 1. The average Bonchev–Trinajstić information content (AvgIpc) is 3.26. The summed E-state index contributed by atoms with van der Waals surface area (Å²) in [7, 11) is 0. The molecule has 3 aromatic heterocycles. The maximum atomic E-state index is 12.8. The monoisotopic (exact) mass is 384 g/mol. The quantitative estimate of drug-likeness (QED) is 0.676. The number of thiophene rings is 1. The van der Waals surface area contributed by atoms with Crippen molar-refractivity contribution >= 4 is 40.1 Å². The lowest BCUT2D eigenvalue weighted by Gasteiger charge is -2.29. The Bertz CT molecular complexity index is 1060. The molecular formula is C18H16N4O2S2. The summed E-state index contributed by atoms with van der Waals surface area (Å²) < 4.78 is 7.10. The Morgan fingerprint density at radius 2 is 2.15 bits per heavy atom. The first-order valence-corrected chi connectivity index (χ1v) is 9.34. The molecule has 1 aliphatic rings. The summed E-state index contributed by atoms with van der Waals surface area (Å²) in [6, 6.07) is 9.24. The molecule has 26 heavy (non-hydrogen) atoms. The third-order valence-electron chi connectivity index (χ3n) is 4.08. The zero-order valence-corrected chi connectivity index (χ0v) is 15.8. The number of thiocarbonyl (C=S) groups is 1. The van der Waals surface area contributed by atoms with Crippen molar-refractivity contribution in [3.05, 3.63) is 63.0 Å². The highest BCUT2D eigenvalue weighted by Crippen LogP contribution is 2.28. The minimum atomic E-state index is -0.371. The van der Waals surface area contributed by atoms with E-state index in [9.17, 15) is 4.79 Å². The van der Waals surface area contributed by atoms with E-state index < -0.39 is 0 Å². The summed E-state index contributed by atoms with van der Waals surface area (Å²) in [5.41, 5.74) is 1.74. The van der Waals surface area contributed by atoms with E-state index in [0.717, 1.165) is 22.0 Å². The first-order valence-electron chi connectivity index (χ1n) is 8.05. The molecule has 0 saturated heterocycles. The summed E-state index contributed by atoms with van der Waals surface area (Å²) in [6.45, 7) is 3.82. The molecule has 0 radical (unpaired) electrons. The minimum Gasteiger partial charge on any atom is -0.460 e. The molecule has 1 atom stereocenters. The van der Waals surface area contributed by atoms with Gasteiger partial charge in [-0.05, 0) is 55.7 Å². The number of nitrogens with one attached hydrogen (secondary N) is 2. The first-order chi connectivity index (χ1) is 12.5. The SMILES string of the molecule is Cc1ccc(-c2ccn(C3=C(c4cccs4)NC(=S)NC3C)c(=O)n2)o1. The van der Waals surface area contributed by atoms with Gasteiger partial charge < -0.3 is 15.1 Å². The average molecular weight is 384 g/mol. The fraction of sp³-hybridized carbons (Fsp3) is 0.167. The van der Waals surface area contributed by atoms with Crippen LogP contribution < -0.4 is 16.3 Å². The molecule has 1 aliphatic heterocycles. The van der Waals surface area contributed by atoms with Crippen molar-refractivity contribution in [2.75, 3.05) is 0 Å². The van der Waals surface area contributed by atoms with Crippen LogP contribution in [-0.2, 0) is 0 Å². The van der Waals surface area contributed by atoms with Crippen LogP contribution in [0.1, 0.15) is 17.6 Å². The summed E-state index contributed by atoms with van der Waals surface area (Å²) in [6.07, 6.45) is 1.72. The van der Waals surface area contributed by atoms with Gasteiger partial charge in [-0.2, -0.15) is 4.98 Å². The highest BCUT2D eigenvalue weighted by molar-refractivity contribution is 7.80. The van der Waals surface area contributed by atoms with E-state index in [1.165, 1.54) is 0 Å². The highest BCUT2D eigenvalue weighted by Gasteiger charge is 2.26. The third-order valence-corrected chi connectivity index (χ3v) is 5.18. The number of aromatic nitrogens is 2. The molecule has 3 aromatic rings. The maximum Gasteiger partial charge on any atom is 0.352 e. The summed E-state index contributed by atoms with van der Waals surface area (Å²) >= 11 is 6.87. The Morgan fingerprint density at radius 3 is 2.81 bits per heavy atom. The molecule has 2 N–H and O–H groups in total. The number of rotatable bonds is 3. The van der Waals surface area contributed by atoms with Gasteiger partial charge in [0.2, 0.25) is 0 Å². The highest BCUT2D eigenvalue weighted by atomic mass is 32.1. The van der Waals surface area contributed by atoms with E-state index in [4.69, 9.17) is 16.6 Å². The van der Waals surface area contributed by atoms with Crippen LogP contribution in [0, 0.1) is 6.92 Å². The van der Waals surface area contributed by atoms with Crippen molar-refractivity contribution in [2.24, 2.45) is 0 Å². The van der Waals surface area contributed by atoms with Crippen LogP contribution in [0.25, 0.3) is 22.8 Å². The molecule has 0 aromatic carbocycles. The third kappa shape index (κ3) is 2.97. The number of hydrogen-bond acceptors (Lipinski definition) is 5. The molecular weight excluding hydrogens is 368 g/mol. The van der Waals surface area contributed by atoms with Crippen LogP contribution >= 0.6 is 23.6 Å². The molecule has 0 amide bonds. The lowest BCUT2D eigenvalue weighted by Crippen LogP contribution is -2.48. The smallest absolute Gasteiger partial charge is 0.352 e. The molecule has 0 bridgehead atoms. The van der Waals surface area contributed by atoms with E-state index in [2.05, 4.69) is 15.6 Å². The van der Waals surface area contributed by atoms with Gasteiger partial charge in [0.25, 0.3) is 0 Å². The summed E-state index contributed by atoms with van der Waals surface area (Å²) in [5.74, 6) is 1.35. The largest absolute Gasteiger partial charge is 0.460 e. The van der Waals surface area contributed by atoms with Gasteiger partial charge in [0, 0.05) is 6.20 Å². The second-order valence-electron chi connectivity index (χ2n) is 5.93. The molecule has 0 saturated carbocycles. The predicted octanol–water partition coefficient (Wildman–Crippen LogP) is 3.07. The Kier molecular flexibility index (Phi) is 4.21. The van der Waals surface area contributed by atoms with Crippen molar-refractivity contribution in [3.8, 4) is 11.5 Å². The summed E-state index contributed by atoms with van der Waals surface area (Å²) in [5, 5.41) is 8.86. The molecule has 4 heterocycles. The topological polar surface area (TPSA) is 72.1 Å². The molecule has 1 unspecified atom stereocenters. The van der Waals surface area contributed by atoms with E-state index in [-0.39, 0.29) is 11.7 Å². The number of hydrogen-bond donors (Lipinski definition) is 2. The van der Waals surface area contributed by atoms with Crippen LogP contribution in [0.2, 0.25) is 0 Å². The van der Waals surface area contributed by atoms with Gasteiger partial charge in [0.05, 0.1) is 22.3 Å². The molecule has 132 valence electrons. The normalized spacial score (nSPS) is 17.2. The van der Waals surface area contributed by atoms with E-state index in [1.807, 2.05) is 43.5 Å². The fourth-order valence-electron chi connectivity index (χ4n) is 2.93. The van der Waals surface area contributed by atoms with Crippen LogP contribution in [0.4, 0.5) is 0 Å². The summed E-state index contributed by atoms with van der Waals surface area (Å²) in [4.78, 5) is 18.0. The maximum absolute atomic E-state index is 12.8.